The van der Waals surface area contributed by atoms with Crippen molar-refractivity contribution < 1.29 is 18.7 Å². The number of nitrogens with zero attached hydrogens (tertiary/aromatic N) is 2. The number of hydrogen-bond acceptors (Lipinski definition) is 5. The van der Waals surface area contributed by atoms with Crippen molar-refractivity contribution in [1.29, 1.82) is 0 Å². The topological polar surface area (TPSA) is 79.0 Å². The Balaban J connectivity index is 1.41. The summed E-state index contributed by atoms with van der Waals surface area (Å²) in [5.41, 5.74) is 7.62. The second kappa shape index (κ2) is 9.91. The number of halogens is 1. The molecule has 0 aliphatic heterocycles. The van der Waals surface area contributed by atoms with Gasteiger partial charge in [-0.25, -0.2) is 4.39 Å². The highest BCUT2D eigenvalue weighted by Crippen LogP contribution is 2.14. The van der Waals surface area contributed by atoms with Crippen LogP contribution in [0.4, 0.5) is 4.39 Å². The predicted molar refractivity (Wildman–Crippen MR) is 104 cm³/mol. The molecule has 0 amide bonds. The Morgan fingerprint density at radius 2 is 1.64 bits per heavy atom. The predicted octanol–water partition coefficient (Wildman–Crippen LogP) is 3.52. The van der Waals surface area contributed by atoms with Crippen molar-refractivity contribution in [2.75, 3.05) is 13.2 Å². The molecule has 0 fully saturated rings. The van der Waals surface area contributed by atoms with E-state index in [-0.39, 0.29) is 24.9 Å². The van der Waals surface area contributed by atoms with Gasteiger partial charge in [0.15, 0.2) is 12.4 Å². The van der Waals surface area contributed by atoms with Gasteiger partial charge in [-0.1, -0.05) is 11.2 Å². The number of aromatic nitrogens is 1. The number of pyridine rings is 1. The molecule has 2 aromatic carbocycles. The molecule has 0 aliphatic rings. The number of amidine groups is 1. The Kier molecular flexibility index (Phi) is 6.78. The molecule has 6 nitrogen and oxygen atoms in total. The second-order valence-electron chi connectivity index (χ2n) is 5.79. The fourth-order valence-corrected chi connectivity index (χ4v) is 2.27. The number of benzene rings is 2. The molecule has 0 aliphatic carbocycles. The molecule has 0 bridgehead atoms. The van der Waals surface area contributed by atoms with Crippen LogP contribution in [0.3, 0.4) is 0 Å². The minimum atomic E-state index is -0.311. The third-order valence-electron chi connectivity index (χ3n) is 3.70. The van der Waals surface area contributed by atoms with E-state index in [0.29, 0.717) is 23.7 Å². The molecule has 0 spiro atoms. The quantitative estimate of drug-likeness (QED) is 0.266. The van der Waals surface area contributed by atoms with E-state index in [1.807, 2.05) is 24.3 Å². The molecule has 1 heterocycles. The Bertz CT molecular complexity index is 885. The van der Waals surface area contributed by atoms with Crippen LogP contribution in [-0.2, 0) is 11.4 Å². The van der Waals surface area contributed by atoms with E-state index in [2.05, 4.69) is 10.1 Å². The van der Waals surface area contributed by atoms with E-state index in [9.17, 15) is 4.39 Å². The summed E-state index contributed by atoms with van der Waals surface area (Å²) in [4.78, 5) is 9.20. The van der Waals surface area contributed by atoms with Gasteiger partial charge in [-0.2, -0.15) is 0 Å². The van der Waals surface area contributed by atoms with Crippen molar-refractivity contribution in [3.63, 3.8) is 0 Å². The van der Waals surface area contributed by atoms with Gasteiger partial charge in [0, 0.05) is 23.5 Å². The van der Waals surface area contributed by atoms with Gasteiger partial charge < -0.3 is 20.0 Å². The summed E-state index contributed by atoms with van der Waals surface area (Å²) in [5.74, 6) is 1.22. The van der Waals surface area contributed by atoms with Gasteiger partial charge in [-0.3, -0.25) is 4.98 Å². The average Bonchev–Trinajstić information content (AvgIpc) is 2.74. The number of hydrogen-bond donors (Lipinski definition) is 1. The maximum atomic E-state index is 12.8. The van der Waals surface area contributed by atoms with Crippen LogP contribution >= 0.6 is 0 Å². The van der Waals surface area contributed by atoms with Crippen LogP contribution in [0.25, 0.3) is 0 Å². The maximum Gasteiger partial charge on any atom is 0.170 e. The molecule has 0 saturated carbocycles. The van der Waals surface area contributed by atoms with Crippen LogP contribution in [0.1, 0.15) is 11.1 Å². The highest BCUT2D eigenvalue weighted by atomic mass is 19.1. The van der Waals surface area contributed by atoms with Gasteiger partial charge in [-0.15, -0.1) is 0 Å². The van der Waals surface area contributed by atoms with Crippen LogP contribution in [0.15, 0.2) is 78.2 Å². The summed E-state index contributed by atoms with van der Waals surface area (Å²) in [6, 6.07) is 16.8. The van der Waals surface area contributed by atoms with Crippen LogP contribution in [0.5, 0.6) is 11.5 Å². The molecule has 7 heteroatoms. The molecular weight excluding hydrogens is 361 g/mol. The SMILES string of the molecule is NC(=NOCCOc1ccc(F)cc1)c1ccc(OCc2cccnc2)cc1. The highest BCUT2D eigenvalue weighted by molar-refractivity contribution is 5.97. The summed E-state index contributed by atoms with van der Waals surface area (Å²) < 4.78 is 23.9. The fraction of sp³-hybridized carbons (Fsp3) is 0.143. The standard InChI is InChI=1S/C21H20FN3O3/c22-18-5-9-19(10-6-18)26-12-13-28-25-21(23)17-3-7-20(8-4-17)27-15-16-2-1-11-24-14-16/h1-11,14H,12-13,15H2,(H2,23,25). The first kappa shape index (κ1) is 19.2. The summed E-state index contributed by atoms with van der Waals surface area (Å²) >= 11 is 0. The van der Waals surface area contributed by atoms with Crippen molar-refractivity contribution in [1.82, 2.24) is 4.98 Å². The second-order valence-corrected chi connectivity index (χ2v) is 5.79. The summed E-state index contributed by atoms with van der Waals surface area (Å²) in [6.45, 7) is 0.918. The molecule has 144 valence electrons. The van der Waals surface area contributed by atoms with Crippen molar-refractivity contribution in [2.45, 2.75) is 6.61 Å². The van der Waals surface area contributed by atoms with E-state index in [0.717, 1.165) is 5.56 Å². The zero-order valence-electron chi connectivity index (χ0n) is 15.1. The average molecular weight is 381 g/mol. The van der Waals surface area contributed by atoms with Crippen molar-refractivity contribution in [3.05, 3.63) is 90.0 Å². The lowest BCUT2D eigenvalue weighted by Crippen LogP contribution is -2.15. The van der Waals surface area contributed by atoms with Crippen LogP contribution in [0.2, 0.25) is 0 Å². The summed E-state index contributed by atoms with van der Waals surface area (Å²) in [7, 11) is 0. The summed E-state index contributed by atoms with van der Waals surface area (Å²) in [5, 5.41) is 3.87. The largest absolute Gasteiger partial charge is 0.490 e. The number of oxime groups is 1. The Labute approximate surface area is 162 Å². The molecule has 2 N–H and O–H groups in total. The van der Waals surface area contributed by atoms with Crippen LogP contribution in [-0.4, -0.2) is 24.0 Å². The zero-order chi connectivity index (χ0) is 19.6. The molecule has 1 aromatic heterocycles. The molecule has 0 saturated heterocycles. The fourth-order valence-electron chi connectivity index (χ4n) is 2.27. The van der Waals surface area contributed by atoms with Crippen molar-refractivity contribution in [3.8, 4) is 11.5 Å². The number of rotatable bonds is 9. The van der Waals surface area contributed by atoms with Crippen LogP contribution in [0, 0.1) is 5.82 Å². The first-order valence-electron chi connectivity index (χ1n) is 8.66. The van der Waals surface area contributed by atoms with Crippen molar-refractivity contribution >= 4 is 5.84 Å². The first-order valence-corrected chi connectivity index (χ1v) is 8.66. The van der Waals surface area contributed by atoms with E-state index >= 15 is 0 Å². The lowest BCUT2D eigenvalue weighted by atomic mass is 10.2. The minimum Gasteiger partial charge on any atom is -0.490 e. The van der Waals surface area contributed by atoms with Gasteiger partial charge in [0.1, 0.15) is 30.5 Å². The van der Waals surface area contributed by atoms with Crippen LogP contribution < -0.4 is 15.2 Å². The van der Waals surface area contributed by atoms with Gasteiger partial charge in [0.05, 0.1) is 0 Å². The third kappa shape index (κ3) is 5.98. The van der Waals surface area contributed by atoms with Gasteiger partial charge in [-0.05, 0) is 54.6 Å². The number of nitrogens with two attached hydrogens (primary N) is 1. The normalized spacial score (nSPS) is 11.1. The molecule has 3 aromatic rings. The monoisotopic (exact) mass is 381 g/mol. The van der Waals surface area contributed by atoms with E-state index in [1.165, 1.54) is 12.1 Å². The molecule has 28 heavy (non-hydrogen) atoms. The highest BCUT2D eigenvalue weighted by Gasteiger charge is 2.02. The summed E-state index contributed by atoms with van der Waals surface area (Å²) in [6.07, 6.45) is 3.48. The van der Waals surface area contributed by atoms with E-state index < -0.39 is 0 Å². The Morgan fingerprint density at radius 3 is 2.36 bits per heavy atom. The van der Waals surface area contributed by atoms with Gasteiger partial charge in [0.25, 0.3) is 0 Å². The van der Waals surface area contributed by atoms with E-state index in [4.69, 9.17) is 20.0 Å². The maximum absolute atomic E-state index is 12.8. The molecule has 0 unspecified atom stereocenters. The lowest BCUT2D eigenvalue weighted by molar-refractivity contribution is 0.107. The lowest BCUT2D eigenvalue weighted by Gasteiger charge is -2.07. The molecule has 0 radical (unpaired) electrons. The van der Waals surface area contributed by atoms with Gasteiger partial charge >= 0.3 is 0 Å². The minimum absolute atomic E-state index is 0.213. The smallest absolute Gasteiger partial charge is 0.170 e. The molecule has 3 rings (SSSR count). The third-order valence-corrected chi connectivity index (χ3v) is 3.70. The van der Waals surface area contributed by atoms with Gasteiger partial charge in [0.2, 0.25) is 0 Å². The number of ether oxygens (including phenoxy) is 2. The Morgan fingerprint density at radius 1 is 0.929 bits per heavy atom. The molecule has 0 atom stereocenters. The van der Waals surface area contributed by atoms with Crippen molar-refractivity contribution in [2.24, 2.45) is 10.9 Å². The van der Waals surface area contributed by atoms with E-state index in [1.54, 1.807) is 36.7 Å². The Hall–Kier alpha value is -3.61. The molecular formula is C21H20FN3O3. The zero-order valence-corrected chi connectivity index (χ0v) is 15.1. The first-order chi connectivity index (χ1) is 13.7.